The Kier molecular flexibility index (Phi) is 6.07. The maximum atomic E-state index is 5.93. The summed E-state index contributed by atoms with van der Waals surface area (Å²) in [5.41, 5.74) is 1.08. The minimum absolute atomic E-state index is 0.608. The molecule has 0 saturated carbocycles. The predicted molar refractivity (Wildman–Crippen MR) is 89.1 cm³/mol. The van der Waals surface area contributed by atoms with Crippen molar-refractivity contribution in [1.82, 2.24) is 20.4 Å². The van der Waals surface area contributed by atoms with Gasteiger partial charge in [0.1, 0.15) is 0 Å². The third-order valence-electron chi connectivity index (χ3n) is 2.96. The van der Waals surface area contributed by atoms with E-state index in [1.807, 2.05) is 23.9 Å². The zero-order valence-electron chi connectivity index (χ0n) is 12.3. The van der Waals surface area contributed by atoms with Crippen LogP contribution in [0.25, 0.3) is 0 Å². The molecule has 0 bridgehead atoms. The van der Waals surface area contributed by atoms with E-state index in [4.69, 9.17) is 11.6 Å². The fourth-order valence-electron chi connectivity index (χ4n) is 1.85. The highest BCUT2D eigenvalue weighted by Crippen LogP contribution is 2.21. The number of nitrogens with one attached hydrogen (secondary N) is 2. The molecule has 0 atom stereocenters. The summed E-state index contributed by atoms with van der Waals surface area (Å²) in [4.78, 5) is 5.84. The monoisotopic (exact) mass is 325 g/mol. The lowest BCUT2D eigenvalue weighted by Gasteiger charge is -2.10. The zero-order valence-corrected chi connectivity index (χ0v) is 13.8. The standard InChI is InChI=1S/C14H20ClN5S/c1-3-16-14(18-10-11-6-9-19-20(11)2)17-8-7-12-4-5-13(15)21-12/h4-6,9H,3,7-8,10H2,1-2H3,(H2,16,17,18). The lowest BCUT2D eigenvalue weighted by molar-refractivity contribution is 0.707. The van der Waals surface area contributed by atoms with E-state index in [0.717, 1.165) is 35.5 Å². The summed E-state index contributed by atoms with van der Waals surface area (Å²) in [6, 6.07) is 5.97. The highest BCUT2D eigenvalue weighted by Gasteiger charge is 2.02. The van der Waals surface area contributed by atoms with Gasteiger partial charge in [-0.2, -0.15) is 5.10 Å². The number of nitrogens with zero attached hydrogens (tertiary/aromatic N) is 3. The van der Waals surface area contributed by atoms with Crippen molar-refractivity contribution in [3.05, 3.63) is 39.3 Å². The molecule has 114 valence electrons. The molecule has 2 rings (SSSR count). The molecule has 0 spiro atoms. The first-order valence-electron chi connectivity index (χ1n) is 6.92. The van der Waals surface area contributed by atoms with E-state index >= 15 is 0 Å². The molecule has 0 aliphatic rings. The Hall–Kier alpha value is -1.53. The molecular formula is C14H20ClN5S. The molecule has 2 aromatic heterocycles. The number of thiophene rings is 1. The number of halogens is 1. The van der Waals surface area contributed by atoms with Gasteiger partial charge in [0.25, 0.3) is 0 Å². The molecule has 0 unspecified atom stereocenters. The van der Waals surface area contributed by atoms with Crippen molar-refractivity contribution in [2.24, 2.45) is 12.0 Å². The average Bonchev–Trinajstić information content (AvgIpc) is 3.05. The molecule has 0 radical (unpaired) electrons. The molecular weight excluding hydrogens is 306 g/mol. The number of hydrogen-bond donors (Lipinski definition) is 2. The SMILES string of the molecule is CCNC(=NCc1ccnn1C)NCCc1ccc(Cl)s1. The van der Waals surface area contributed by atoms with Crippen molar-refractivity contribution < 1.29 is 0 Å². The summed E-state index contributed by atoms with van der Waals surface area (Å²) in [7, 11) is 1.92. The molecule has 7 heteroatoms. The Bertz CT molecular complexity index is 590. The van der Waals surface area contributed by atoms with Crippen LogP contribution in [0, 0.1) is 0 Å². The van der Waals surface area contributed by atoms with Gasteiger partial charge in [-0.05, 0) is 31.5 Å². The lowest BCUT2D eigenvalue weighted by Crippen LogP contribution is -2.38. The first-order chi connectivity index (χ1) is 10.2. The van der Waals surface area contributed by atoms with Crippen molar-refractivity contribution in [1.29, 1.82) is 0 Å². The minimum atomic E-state index is 0.608. The van der Waals surface area contributed by atoms with Gasteiger partial charge in [-0.25, -0.2) is 4.99 Å². The Morgan fingerprint density at radius 2 is 2.24 bits per heavy atom. The number of rotatable bonds is 6. The summed E-state index contributed by atoms with van der Waals surface area (Å²) in [5, 5.41) is 10.7. The van der Waals surface area contributed by atoms with Crippen molar-refractivity contribution >= 4 is 28.9 Å². The van der Waals surface area contributed by atoms with Crippen LogP contribution in [0.3, 0.4) is 0 Å². The minimum Gasteiger partial charge on any atom is -0.357 e. The zero-order chi connectivity index (χ0) is 15.1. The van der Waals surface area contributed by atoms with Crippen LogP contribution in [-0.4, -0.2) is 28.8 Å². The van der Waals surface area contributed by atoms with E-state index in [0.29, 0.717) is 6.54 Å². The number of aromatic nitrogens is 2. The van der Waals surface area contributed by atoms with Crippen molar-refractivity contribution in [2.75, 3.05) is 13.1 Å². The second-order valence-corrected chi connectivity index (χ2v) is 6.32. The summed E-state index contributed by atoms with van der Waals surface area (Å²) in [6.45, 7) is 4.33. The molecule has 0 saturated heterocycles. The van der Waals surface area contributed by atoms with Crippen LogP contribution >= 0.6 is 22.9 Å². The Balaban J connectivity index is 1.85. The molecule has 5 nitrogen and oxygen atoms in total. The smallest absolute Gasteiger partial charge is 0.191 e. The average molecular weight is 326 g/mol. The molecule has 2 aromatic rings. The molecule has 21 heavy (non-hydrogen) atoms. The van der Waals surface area contributed by atoms with E-state index in [2.05, 4.69) is 33.7 Å². The molecule has 2 N–H and O–H groups in total. The first-order valence-corrected chi connectivity index (χ1v) is 8.11. The summed E-state index contributed by atoms with van der Waals surface area (Å²) >= 11 is 7.55. The first kappa shape index (κ1) is 15.9. The van der Waals surface area contributed by atoms with Gasteiger partial charge in [0, 0.05) is 31.2 Å². The highest BCUT2D eigenvalue weighted by atomic mass is 35.5. The second-order valence-electron chi connectivity index (χ2n) is 4.52. The third-order valence-corrected chi connectivity index (χ3v) is 4.25. The summed E-state index contributed by atoms with van der Waals surface area (Å²) < 4.78 is 2.67. The van der Waals surface area contributed by atoms with E-state index in [9.17, 15) is 0 Å². The quantitative estimate of drug-likeness (QED) is 0.633. The van der Waals surface area contributed by atoms with Crippen molar-refractivity contribution in [3.63, 3.8) is 0 Å². The van der Waals surface area contributed by atoms with E-state index in [-0.39, 0.29) is 0 Å². The Morgan fingerprint density at radius 1 is 1.38 bits per heavy atom. The summed E-state index contributed by atoms with van der Waals surface area (Å²) in [6.07, 6.45) is 2.72. The van der Waals surface area contributed by atoms with Crippen LogP contribution in [0.2, 0.25) is 4.34 Å². The molecule has 0 aliphatic carbocycles. The maximum Gasteiger partial charge on any atom is 0.191 e. The predicted octanol–water partition coefficient (Wildman–Crippen LogP) is 2.43. The topological polar surface area (TPSA) is 54.2 Å². The molecule has 0 aliphatic heterocycles. The Morgan fingerprint density at radius 3 is 2.86 bits per heavy atom. The summed E-state index contributed by atoms with van der Waals surface area (Å²) in [5.74, 6) is 0.821. The Labute approximate surface area is 134 Å². The fourth-order valence-corrected chi connectivity index (χ4v) is 2.94. The highest BCUT2D eigenvalue weighted by molar-refractivity contribution is 7.16. The molecule has 0 amide bonds. The van der Waals surface area contributed by atoms with E-state index in [1.54, 1.807) is 17.5 Å². The van der Waals surface area contributed by atoms with Crippen LogP contribution in [0.4, 0.5) is 0 Å². The molecule has 2 heterocycles. The van der Waals surface area contributed by atoms with Gasteiger partial charge in [0.2, 0.25) is 0 Å². The van der Waals surface area contributed by atoms with Gasteiger partial charge in [-0.15, -0.1) is 11.3 Å². The van der Waals surface area contributed by atoms with Crippen LogP contribution in [0.15, 0.2) is 29.4 Å². The largest absolute Gasteiger partial charge is 0.357 e. The van der Waals surface area contributed by atoms with Gasteiger partial charge in [-0.3, -0.25) is 4.68 Å². The molecule has 0 aromatic carbocycles. The van der Waals surface area contributed by atoms with Crippen LogP contribution in [0.1, 0.15) is 17.5 Å². The normalized spacial score (nSPS) is 11.7. The van der Waals surface area contributed by atoms with Crippen LogP contribution < -0.4 is 10.6 Å². The number of aryl methyl sites for hydroxylation is 1. The van der Waals surface area contributed by atoms with Crippen LogP contribution in [-0.2, 0) is 20.0 Å². The van der Waals surface area contributed by atoms with E-state index in [1.165, 1.54) is 4.88 Å². The maximum absolute atomic E-state index is 5.93. The van der Waals surface area contributed by atoms with Crippen molar-refractivity contribution in [2.45, 2.75) is 19.9 Å². The number of aliphatic imine (C=N–C) groups is 1. The second kappa shape index (κ2) is 8.05. The molecule has 0 fully saturated rings. The third kappa shape index (κ3) is 5.06. The van der Waals surface area contributed by atoms with Gasteiger partial charge < -0.3 is 10.6 Å². The fraction of sp³-hybridized carbons (Fsp3) is 0.429. The van der Waals surface area contributed by atoms with Crippen LogP contribution in [0.5, 0.6) is 0 Å². The van der Waals surface area contributed by atoms with E-state index < -0.39 is 0 Å². The van der Waals surface area contributed by atoms with Gasteiger partial charge in [-0.1, -0.05) is 11.6 Å². The number of guanidine groups is 1. The van der Waals surface area contributed by atoms with Gasteiger partial charge in [0.05, 0.1) is 16.6 Å². The van der Waals surface area contributed by atoms with Gasteiger partial charge in [0.15, 0.2) is 5.96 Å². The lowest BCUT2D eigenvalue weighted by atomic mass is 10.3. The van der Waals surface area contributed by atoms with Crippen molar-refractivity contribution in [3.8, 4) is 0 Å². The van der Waals surface area contributed by atoms with Gasteiger partial charge >= 0.3 is 0 Å². The number of hydrogen-bond acceptors (Lipinski definition) is 3.